The molecule has 82 heavy (non-hydrogen) atoms. The third kappa shape index (κ3) is 8.72. The summed E-state index contributed by atoms with van der Waals surface area (Å²) in [6.07, 6.45) is 3.59. The fraction of sp³-hybridized carbons (Fsp3) is 0.403. The fourth-order valence-electron chi connectivity index (χ4n) is 13.3. The Bertz CT molecular complexity index is 3810. The van der Waals surface area contributed by atoms with E-state index in [1.54, 1.807) is 6.92 Å². The predicted molar refractivity (Wildman–Crippen MR) is 303 cm³/mol. The number of phenolic OH excluding ortho intramolecular Hbond substituents is 2. The Kier molecular flexibility index (Phi) is 14.1. The van der Waals surface area contributed by atoms with Gasteiger partial charge in [-0.1, -0.05) is 38.6 Å². The second-order valence-electron chi connectivity index (χ2n) is 22.5. The number of phenols is 2. The molecule has 20 nitrogen and oxygen atoms in total. The Labute approximate surface area is 472 Å². The Hall–Kier alpha value is -8.01. The Balaban J connectivity index is 0.932. The molecule has 2 aromatic heterocycles. The molecule has 0 saturated carbocycles. The van der Waals surface area contributed by atoms with Crippen LogP contribution in [0.4, 0.5) is 0 Å². The molecule has 1 fully saturated rings. The van der Waals surface area contributed by atoms with Gasteiger partial charge in [0, 0.05) is 105 Å². The highest BCUT2D eigenvalue weighted by Gasteiger charge is 2.53. The lowest BCUT2D eigenvalue weighted by Crippen LogP contribution is -2.52. The first-order valence-electron chi connectivity index (χ1n) is 27.6. The number of ether oxygens (including phenoxy) is 4. The SMILES string of the molecule is C=Cc1c2[nH]c(c1C)/C=C1\N=C(C3=C4NC(/C=c5\[nH]/c(c(C)c5CC)=C\2)C(C)=C4C(=O)C3C(=O)OC)[C@@H](CCC(=O)N/N=C(\C)[C@]2(O)Cc3c(O)c4c(c(O)c3[C@@H](O[C@H]3C[C@H](N)[C@H](O)[C@H](C)O3)C2)C(=O)c2c(OC)cccc2C4=O)[C@@H]1C. The summed E-state index contributed by atoms with van der Waals surface area (Å²) in [5, 5.41) is 57.4. The number of Topliss-reactive ketones (excluding diaryl/α,β-unsaturated/α-hetero) is 1. The van der Waals surface area contributed by atoms with Crippen LogP contribution in [0.3, 0.4) is 0 Å². The van der Waals surface area contributed by atoms with Gasteiger partial charge in [0.25, 0.3) is 0 Å². The molecule has 1 saturated heterocycles. The zero-order chi connectivity index (χ0) is 58.7. The number of fused-ring (bicyclic) bond motifs is 10. The quantitative estimate of drug-likeness (QED) is 0.0290. The van der Waals surface area contributed by atoms with Gasteiger partial charge in [0.1, 0.15) is 28.8 Å². The van der Waals surface area contributed by atoms with Crippen LogP contribution in [-0.2, 0) is 41.4 Å². The molecule has 10 atom stereocenters. The van der Waals surface area contributed by atoms with Crippen molar-refractivity contribution < 1.29 is 63.3 Å². The largest absolute Gasteiger partial charge is 0.507 e. The Morgan fingerprint density at radius 1 is 1.01 bits per heavy atom. The highest BCUT2D eigenvalue weighted by molar-refractivity contribution is 6.31. The van der Waals surface area contributed by atoms with Crippen LogP contribution < -0.4 is 31.9 Å². The summed E-state index contributed by atoms with van der Waals surface area (Å²) in [4.78, 5) is 83.7. The number of hydrogen-bond donors (Lipinski definition) is 9. The number of carbonyl (C=O) groups excluding carboxylic acids is 5. The molecular formula is C62H67N7O13. The van der Waals surface area contributed by atoms with Crippen LogP contribution >= 0.6 is 0 Å². The molecule has 7 aliphatic rings. The van der Waals surface area contributed by atoms with E-state index in [4.69, 9.17) is 29.7 Å². The molecule has 20 heteroatoms. The number of methoxy groups -OCH3 is 2. The summed E-state index contributed by atoms with van der Waals surface area (Å²) in [7, 11) is 2.58. The van der Waals surface area contributed by atoms with Crippen molar-refractivity contribution in [2.24, 2.45) is 33.6 Å². The van der Waals surface area contributed by atoms with Gasteiger partial charge in [0.15, 0.2) is 17.9 Å². The number of carbonyl (C=O) groups is 5. The standard InChI is InChI=1S/C62H67N7O13/c1-11-30-24(3)36-19-38-26(5)32(53(66-38)49-52(61(77)80-10)58(74)46-27(6)39(67-54(46)49)21-41-31(12-2)25(4)37(65-41)20-40(30)64-36)16-17-44(70)69-68-29(8)62(78)22-34-48(43(23-62)82-45-18-35(63)55(71)28(7)81-45)60(76)51-50(57(34)73)56(72)33-14-13-15-42(79-9)47(33)59(51)75/h11,13-15,19-21,26,28,32,35,39,43,45,52,55,64-65,67,71,73,76,78H,1,12,16-18,22-23,63H2,2-10H3,(H,69,70)/b37-20-,38-19-,41-21-,68-29+/t26-,28-,32-,35-,39?,43-,45-,52?,55+,62-/m0/s1. The minimum Gasteiger partial charge on any atom is -0.507 e. The third-order valence-corrected chi connectivity index (χ3v) is 18.0. The summed E-state index contributed by atoms with van der Waals surface area (Å²) in [6, 6.07) is 3.23. The second kappa shape index (κ2) is 20.8. The number of aromatic amines is 2. The number of amides is 1. The van der Waals surface area contributed by atoms with Gasteiger partial charge in [-0.05, 0) is 94.0 Å². The van der Waals surface area contributed by atoms with Crippen LogP contribution in [0.2, 0.25) is 0 Å². The molecule has 4 aliphatic heterocycles. The summed E-state index contributed by atoms with van der Waals surface area (Å²) < 4.78 is 23.2. The molecular weight excluding hydrogens is 1050 g/mol. The number of esters is 1. The first-order valence-corrected chi connectivity index (χ1v) is 27.6. The van der Waals surface area contributed by atoms with E-state index in [-0.39, 0.29) is 65.3 Å². The number of aliphatic imine (C=N–C) groups is 1. The molecule has 6 heterocycles. The number of H-pyrrole nitrogens is 2. The third-order valence-electron chi connectivity index (χ3n) is 18.0. The molecule has 2 unspecified atom stereocenters. The molecule has 10 N–H and O–H groups in total. The van der Waals surface area contributed by atoms with Crippen LogP contribution in [0.15, 0.2) is 63.0 Å². The molecule has 428 valence electrons. The summed E-state index contributed by atoms with van der Waals surface area (Å²) in [6.45, 7) is 17.3. The maximum Gasteiger partial charge on any atom is 0.321 e. The van der Waals surface area contributed by atoms with Gasteiger partial charge in [-0.3, -0.25) is 29.0 Å². The van der Waals surface area contributed by atoms with E-state index in [0.29, 0.717) is 28.3 Å². The van der Waals surface area contributed by atoms with Crippen molar-refractivity contribution in [1.29, 1.82) is 0 Å². The van der Waals surface area contributed by atoms with E-state index in [1.807, 2.05) is 32.9 Å². The molecule has 0 spiro atoms. The van der Waals surface area contributed by atoms with Crippen LogP contribution in [-0.4, -0.2) is 121 Å². The molecule has 11 rings (SSSR count). The van der Waals surface area contributed by atoms with Gasteiger partial charge in [-0.15, -0.1) is 0 Å². The highest BCUT2D eigenvalue weighted by atomic mass is 16.7. The van der Waals surface area contributed by atoms with Crippen molar-refractivity contribution in [3.8, 4) is 17.2 Å². The van der Waals surface area contributed by atoms with Gasteiger partial charge in [0.2, 0.25) is 11.7 Å². The maximum absolute atomic E-state index is 14.6. The average molecular weight is 1120 g/mol. The van der Waals surface area contributed by atoms with Gasteiger partial charge < -0.3 is 60.4 Å². The topological polar surface area (TPSA) is 310 Å². The molecule has 1 amide bonds. The maximum atomic E-state index is 14.6. The second-order valence-corrected chi connectivity index (χ2v) is 22.5. The minimum absolute atomic E-state index is 0.0108. The van der Waals surface area contributed by atoms with Crippen LogP contribution in [0.1, 0.15) is 143 Å². The number of aliphatic hydroxyl groups is 2. The number of allylic oxidation sites excluding steroid dienone is 2. The van der Waals surface area contributed by atoms with Crippen molar-refractivity contribution in [2.45, 2.75) is 129 Å². The van der Waals surface area contributed by atoms with Gasteiger partial charge in [-0.25, -0.2) is 5.43 Å². The van der Waals surface area contributed by atoms with Crippen molar-refractivity contribution in [1.82, 2.24) is 20.7 Å². The van der Waals surface area contributed by atoms with Gasteiger partial charge in [0.05, 0.1) is 72.4 Å². The van der Waals surface area contributed by atoms with Crippen molar-refractivity contribution >= 4 is 65.0 Å². The lowest BCUT2D eigenvalue weighted by Gasteiger charge is -2.42. The van der Waals surface area contributed by atoms with E-state index in [1.165, 1.54) is 39.3 Å². The average Bonchev–Trinajstić information content (AvgIpc) is 1.51. The number of ketones is 3. The van der Waals surface area contributed by atoms with E-state index < -0.39 is 112 Å². The van der Waals surface area contributed by atoms with E-state index in [0.717, 1.165) is 56.3 Å². The lowest BCUT2D eigenvalue weighted by atomic mass is 9.71. The number of aromatic hydroxyl groups is 2. The monoisotopic (exact) mass is 1120 g/mol. The number of hydrazone groups is 1. The first-order chi connectivity index (χ1) is 39.0. The summed E-state index contributed by atoms with van der Waals surface area (Å²) in [5.41, 5.74) is 14.3. The molecule has 2 aromatic carbocycles. The number of aliphatic hydroxyl groups excluding tert-OH is 1. The van der Waals surface area contributed by atoms with Crippen molar-refractivity contribution in [3.05, 3.63) is 131 Å². The number of aromatic nitrogens is 2. The Morgan fingerprint density at radius 3 is 2.45 bits per heavy atom. The van der Waals surface area contributed by atoms with E-state index >= 15 is 0 Å². The van der Waals surface area contributed by atoms with Crippen molar-refractivity contribution in [2.75, 3.05) is 14.2 Å². The fourth-order valence-corrected chi connectivity index (χ4v) is 13.3. The van der Waals surface area contributed by atoms with Crippen LogP contribution in [0.5, 0.6) is 17.2 Å². The van der Waals surface area contributed by atoms with E-state index in [2.05, 4.69) is 58.4 Å². The number of nitrogens with zero attached hydrogens (tertiary/aromatic N) is 2. The lowest BCUT2D eigenvalue weighted by molar-refractivity contribution is -0.245. The van der Waals surface area contributed by atoms with E-state index in [9.17, 15) is 44.4 Å². The number of hydrogen-bond acceptors (Lipinski definition) is 17. The number of benzene rings is 2. The predicted octanol–water partition coefficient (Wildman–Crippen LogP) is 4.48. The molecule has 4 aromatic rings. The van der Waals surface area contributed by atoms with Gasteiger partial charge in [-0.2, -0.15) is 5.10 Å². The summed E-state index contributed by atoms with van der Waals surface area (Å²) in [5.74, 6) is -6.69. The Morgan fingerprint density at radius 2 is 1.76 bits per heavy atom. The zero-order valence-corrected chi connectivity index (χ0v) is 47.1. The molecule has 8 bridgehead atoms. The summed E-state index contributed by atoms with van der Waals surface area (Å²) >= 11 is 0. The molecule has 3 aliphatic carbocycles. The van der Waals surface area contributed by atoms with Crippen LogP contribution in [0, 0.1) is 31.6 Å². The smallest absolute Gasteiger partial charge is 0.321 e. The zero-order valence-electron chi connectivity index (χ0n) is 47.1. The number of rotatable bonds is 11. The van der Waals surface area contributed by atoms with Crippen LogP contribution in [0.25, 0.3) is 24.3 Å². The highest BCUT2D eigenvalue weighted by Crippen LogP contribution is 2.53. The number of nitrogens with two attached hydrogens (primary N) is 1. The number of nitrogens with one attached hydrogen (secondary N) is 4. The van der Waals surface area contributed by atoms with Crippen molar-refractivity contribution in [3.63, 3.8) is 0 Å². The van der Waals surface area contributed by atoms with Gasteiger partial charge >= 0.3 is 5.97 Å². The normalized spacial score (nSPS) is 28.7. The molecule has 0 radical (unpaired) electrons. The first kappa shape index (κ1) is 55.9. The minimum atomic E-state index is -2.04.